The Hall–Kier alpha value is -2.77. The number of benzene rings is 3. The van der Waals surface area contributed by atoms with E-state index in [-0.39, 0.29) is 16.5 Å². The SMILES string of the molecule is COc1ccc2sc(C(=O)Oc3ccc(C(=O)Nc4cc(Cl)ccc4Cl)cc3)c(Cl)c2c1. The number of carbonyl (C=O) groups is 2. The molecule has 32 heavy (non-hydrogen) atoms. The summed E-state index contributed by atoms with van der Waals surface area (Å²) in [6.45, 7) is 0. The minimum atomic E-state index is -0.585. The maximum Gasteiger partial charge on any atom is 0.355 e. The summed E-state index contributed by atoms with van der Waals surface area (Å²) < 4.78 is 11.5. The molecule has 1 heterocycles. The van der Waals surface area contributed by atoms with Crippen LogP contribution in [0.3, 0.4) is 0 Å². The van der Waals surface area contributed by atoms with Crippen LogP contribution in [-0.2, 0) is 0 Å². The second-order valence-electron chi connectivity index (χ2n) is 6.60. The number of hydrogen-bond acceptors (Lipinski definition) is 5. The summed E-state index contributed by atoms with van der Waals surface area (Å²) in [5, 5.41) is 4.54. The smallest absolute Gasteiger partial charge is 0.355 e. The average Bonchev–Trinajstić information content (AvgIpc) is 3.12. The van der Waals surface area contributed by atoms with Crippen molar-refractivity contribution in [1.29, 1.82) is 0 Å². The fourth-order valence-electron chi connectivity index (χ4n) is 2.92. The van der Waals surface area contributed by atoms with Gasteiger partial charge >= 0.3 is 5.97 Å². The van der Waals surface area contributed by atoms with Crippen LogP contribution in [0, 0.1) is 0 Å². The lowest BCUT2D eigenvalue weighted by Crippen LogP contribution is -2.12. The molecule has 0 unspecified atom stereocenters. The molecule has 4 aromatic rings. The predicted molar refractivity (Wildman–Crippen MR) is 129 cm³/mol. The van der Waals surface area contributed by atoms with Crippen molar-refractivity contribution in [3.8, 4) is 11.5 Å². The van der Waals surface area contributed by atoms with E-state index in [9.17, 15) is 9.59 Å². The van der Waals surface area contributed by atoms with Gasteiger partial charge < -0.3 is 14.8 Å². The van der Waals surface area contributed by atoms with Gasteiger partial charge in [-0.05, 0) is 60.7 Å². The van der Waals surface area contributed by atoms with Gasteiger partial charge in [-0.25, -0.2) is 4.79 Å². The number of rotatable bonds is 5. The number of halogens is 3. The number of fused-ring (bicyclic) bond motifs is 1. The Kier molecular flexibility index (Phi) is 6.58. The number of esters is 1. The fraction of sp³-hybridized carbons (Fsp3) is 0.0435. The third-order valence-corrected chi connectivity index (χ3v) is 6.74. The number of methoxy groups -OCH3 is 1. The summed E-state index contributed by atoms with van der Waals surface area (Å²) in [5.74, 6) is -0.0462. The highest BCUT2D eigenvalue weighted by atomic mass is 35.5. The lowest BCUT2D eigenvalue weighted by molar-refractivity contribution is 0.0740. The van der Waals surface area contributed by atoms with Crippen LogP contribution in [0.15, 0.2) is 60.7 Å². The van der Waals surface area contributed by atoms with E-state index >= 15 is 0 Å². The molecule has 0 saturated carbocycles. The highest BCUT2D eigenvalue weighted by molar-refractivity contribution is 7.21. The molecule has 162 valence electrons. The van der Waals surface area contributed by atoms with E-state index in [1.54, 1.807) is 37.4 Å². The van der Waals surface area contributed by atoms with E-state index in [4.69, 9.17) is 44.3 Å². The summed E-state index contributed by atoms with van der Waals surface area (Å²) in [6.07, 6.45) is 0. The average molecular weight is 507 g/mol. The quantitative estimate of drug-likeness (QED) is 0.227. The molecular weight excluding hydrogens is 493 g/mol. The highest BCUT2D eigenvalue weighted by Gasteiger charge is 2.20. The van der Waals surface area contributed by atoms with Crippen LogP contribution in [0.4, 0.5) is 5.69 Å². The van der Waals surface area contributed by atoms with Gasteiger partial charge in [0.25, 0.3) is 5.91 Å². The summed E-state index contributed by atoms with van der Waals surface area (Å²) in [6, 6.07) is 16.3. The molecule has 0 bridgehead atoms. The molecule has 0 radical (unpaired) electrons. The van der Waals surface area contributed by atoms with Crippen LogP contribution >= 0.6 is 46.1 Å². The molecule has 3 aromatic carbocycles. The Morgan fingerprint density at radius 2 is 1.62 bits per heavy atom. The molecular formula is C23H14Cl3NO4S. The Bertz CT molecular complexity index is 1340. The molecule has 1 aromatic heterocycles. The van der Waals surface area contributed by atoms with E-state index in [1.165, 1.54) is 35.6 Å². The van der Waals surface area contributed by atoms with Crippen molar-refractivity contribution in [3.63, 3.8) is 0 Å². The lowest BCUT2D eigenvalue weighted by Gasteiger charge is -2.08. The molecule has 0 aliphatic rings. The first kappa shape index (κ1) is 22.4. The second kappa shape index (κ2) is 9.38. The van der Waals surface area contributed by atoms with E-state index in [2.05, 4.69) is 5.32 Å². The number of amides is 1. The van der Waals surface area contributed by atoms with Crippen LogP contribution in [0.25, 0.3) is 10.1 Å². The molecule has 5 nitrogen and oxygen atoms in total. The molecule has 0 aliphatic heterocycles. The Labute approximate surface area is 202 Å². The van der Waals surface area contributed by atoms with E-state index in [0.29, 0.717) is 32.1 Å². The van der Waals surface area contributed by atoms with Crippen LogP contribution < -0.4 is 14.8 Å². The number of ether oxygens (including phenoxy) is 2. The summed E-state index contributed by atoms with van der Waals surface area (Å²) in [7, 11) is 1.56. The van der Waals surface area contributed by atoms with Crippen molar-refractivity contribution in [1.82, 2.24) is 0 Å². The number of hydrogen-bond donors (Lipinski definition) is 1. The number of nitrogens with one attached hydrogen (secondary N) is 1. The topological polar surface area (TPSA) is 64.6 Å². The molecule has 0 spiro atoms. The van der Waals surface area contributed by atoms with Crippen molar-refractivity contribution in [3.05, 3.63) is 86.2 Å². The van der Waals surface area contributed by atoms with Crippen molar-refractivity contribution >= 4 is 73.8 Å². The molecule has 0 aliphatic carbocycles. The van der Waals surface area contributed by atoms with Crippen molar-refractivity contribution in [2.75, 3.05) is 12.4 Å². The first-order chi connectivity index (χ1) is 15.4. The normalized spacial score (nSPS) is 10.8. The van der Waals surface area contributed by atoms with Crippen molar-refractivity contribution in [2.45, 2.75) is 0 Å². The molecule has 0 atom stereocenters. The lowest BCUT2D eigenvalue weighted by atomic mass is 10.2. The van der Waals surface area contributed by atoms with Crippen molar-refractivity contribution < 1.29 is 19.1 Å². The molecule has 4 rings (SSSR count). The zero-order valence-corrected chi connectivity index (χ0v) is 19.5. The van der Waals surface area contributed by atoms with E-state index in [1.807, 2.05) is 6.07 Å². The van der Waals surface area contributed by atoms with E-state index in [0.717, 1.165) is 10.1 Å². The van der Waals surface area contributed by atoms with Gasteiger partial charge in [0, 0.05) is 20.7 Å². The van der Waals surface area contributed by atoms with Gasteiger partial charge in [-0.3, -0.25) is 4.79 Å². The maximum atomic E-state index is 12.7. The first-order valence-corrected chi connectivity index (χ1v) is 11.2. The number of thiophene rings is 1. The van der Waals surface area contributed by atoms with Crippen LogP contribution in [0.1, 0.15) is 20.0 Å². The maximum absolute atomic E-state index is 12.7. The molecule has 9 heteroatoms. The standard InChI is InChI=1S/C23H14Cl3NO4S/c1-30-15-7-9-19-16(11-15)20(26)21(32-19)23(29)31-14-5-2-12(3-6-14)22(28)27-18-10-13(24)4-8-17(18)25/h2-11H,1H3,(H,27,28). The first-order valence-electron chi connectivity index (χ1n) is 9.20. The minimum absolute atomic E-state index is 0.276. The van der Waals surface area contributed by atoms with Gasteiger partial charge in [-0.2, -0.15) is 0 Å². The van der Waals surface area contributed by atoms with Gasteiger partial charge in [-0.15, -0.1) is 11.3 Å². The third kappa shape index (κ3) is 4.69. The van der Waals surface area contributed by atoms with E-state index < -0.39 is 5.97 Å². The second-order valence-corrected chi connectivity index (χ2v) is 8.87. The zero-order chi connectivity index (χ0) is 22.8. The predicted octanol–water partition coefficient (Wildman–Crippen LogP) is 7.34. The van der Waals surface area contributed by atoms with Crippen LogP contribution in [0.5, 0.6) is 11.5 Å². The largest absolute Gasteiger partial charge is 0.497 e. The minimum Gasteiger partial charge on any atom is -0.497 e. The number of anilines is 1. The summed E-state index contributed by atoms with van der Waals surface area (Å²) in [5.41, 5.74) is 0.753. The fourth-order valence-corrected chi connectivity index (χ4v) is 4.61. The van der Waals surface area contributed by atoms with Crippen molar-refractivity contribution in [2.24, 2.45) is 0 Å². The summed E-state index contributed by atoms with van der Waals surface area (Å²) >= 11 is 19.7. The molecule has 0 saturated heterocycles. The Balaban J connectivity index is 1.48. The molecule has 1 amide bonds. The summed E-state index contributed by atoms with van der Waals surface area (Å²) in [4.78, 5) is 25.4. The van der Waals surface area contributed by atoms with Gasteiger partial charge in [0.15, 0.2) is 0 Å². The number of carbonyl (C=O) groups excluding carboxylic acids is 2. The monoisotopic (exact) mass is 505 g/mol. The van der Waals surface area contributed by atoms with Gasteiger partial charge in [0.1, 0.15) is 16.4 Å². The molecule has 1 N–H and O–H groups in total. The Morgan fingerprint density at radius 3 is 2.34 bits per heavy atom. The zero-order valence-electron chi connectivity index (χ0n) is 16.4. The highest BCUT2D eigenvalue weighted by Crippen LogP contribution is 2.38. The van der Waals surface area contributed by atoms with Crippen LogP contribution in [-0.4, -0.2) is 19.0 Å². The third-order valence-electron chi connectivity index (χ3n) is 4.52. The van der Waals surface area contributed by atoms with Gasteiger partial charge in [-0.1, -0.05) is 34.8 Å². The Morgan fingerprint density at radius 1 is 0.906 bits per heavy atom. The van der Waals surface area contributed by atoms with Gasteiger partial charge in [0.05, 0.1) is 22.8 Å². The molecule has 0 fully saturated rings. The van der Waals surface area contributed by atoms with Crippen LogP contribution in [0.2, 0.25) is 15.1 Å². The van der Waals surface area contributed by atoms with Gasteiger partial charge in [0.2, 0.25) is 0 Å².